The molecule has 0 saturated heterocycles. The van der Waals surface area contributed by atoms with Gasteiger partial charge in [0.15, 0.2) is 0 Å². The van der Waals surface area contributed by atoms with E-state index in [4.69, 9.17) is 29.1 Å². The van der Waals surface area contributed by atoms with E-state index in [1.54, 1.807) is 11.0 Å². The monoisotopic (exact) mass is 414 g/mol. The third-order valence-corrected chi connectivity index (χ3v) is 2.62. The van der Waals surface area contributed by atoms with Gasteiger partial charge in [-0.25, -0.2) is 4.57 Å². The number of azo groups is 1. The number of anilines is 1. The Morgan fingerprint density at radius 2 is 1.68 bits per heavy atom. The van der Waals surface area contributed by atoms with Gasteiger partial charge in [0.25, 0.3) is 0 Å². The van der Waals surface area contributed by atoms with Crippen molar-refractivity contribution in [1.82, 2.24) is 9.78 Å². The average Bonchev–Trinajstić information content (AvgIpc) is 2.76. The van der Waals surface area contributed by atoms with Crippen LogP contribution in [0.5, 0.6) is 0 Å². The number of aromatic nitrogens is 3. The first-order valence-electron chi connectivity index (χ1n) is 6.45. The van der Waals surface area contributed by atoms with Crippen LogP contribution in [0.3, 0.4) is 0 Å². The summed E-state index contributed by atoms with van der Waals surface area (Å²) < 4.78 is 3.50. The fourth-order valence-electron chi connectivity index (χ4n) is 1.54. The summed E-state index contributed by atoms with van der Waals surface area (Å²) in [7, 11) is 22.8. The standard InChI is InChI=1S/C12H17N6.3ClH.Zn/c1-16(2)11-7-5-10(6-8-11)14-15-12-17(3)9-13-18(12)4;;;;/h5-9H,1-4H3;3*1H;/q+1;;;;+2/p-3. The molecule has 2 rings (SSSR count). The maximum atomic E-state index is 5.01. The molecule has 118 valence electrons. The molecule has 0 saturated carbocycles. The second-order valence-electron chi connectivity index (χ2n) is 4.58. The van der Waals surface area contributed by atoms with Crippen LogP contribution >= 0.6 is 29.1 Å². The Morgan fingerprint density at radius 3 is 2.09 bits per heavy atom. The molecule has 0 fully saturated rings. The molecule has 0 atom stereocenters. The van der Waals surface area contributed by atoms with Crippen LogP contribution in [0.4, 0.5) is 17.3 Å². The minimum atomic E-state index is -2.21. The van der Waals surface area contributed by atoms with Crippen molar-refractivity contribution in [2.24, 2.45) is 24.3 Å². The zero-order valence-corrected chi connectivity index (χ0v) is 18.1. The van der Waals surface area contributed by atoms with E-state index in [-0.39, 0.29) is 0 Å². The molecule has 0 aliphatic carbocycles. The van der Waals surface area contributed by atoms with E-state index in [0.717, 1.165) is 11.4 Å². The van der Waals surface area contributed by atoms with Crippen LogP contribution in [-0.2, 0) is 27.1 Å². The van der Waals surface area contributed by atoms with Gasteiger partial charge in [-0.15, -0.1) is 4.68 Å². The van der Waals surface area contributed by atoms with Crippen LogP contribution < -0.4 is 9.47 Å². The predicted octanol–water partition coefficient (Wildman–Crippen LogP) is 3.79. The van der Waals surface area contributed by atoms with Gasteiger partial charge in [-0.1, -0.05) is 5.11 Å². The summed E-state index contributed by atoms with van der Waals surface area (Å²) in [5, 5.41) is 12.5. The summed E-state index contributed by atoms with van der Waals surface area (Å²) in [6, 6.07) is 7.90. The Morgan fingerprint density at radius 1 is 1.14 bits per heavy atom. The Kier molecular flexibility index (Phi) is 8.25. The summed E-state index contributed by atoms with van der Waals surface area (Å²) in [5.74, 6) is 0.701. The van der Waals surface area contributed by atoms with Crippen LogP contribution in [0.15, 0.2) is 40.8 Å². The van der Waals surface area contributed by atoms with Crippen molar-refractivity contribution in [3.05, 3.63) is 30.6 Å². The second kappa shape index (κ2) is 9.41. The molecule has 0 radical (unpaired) electrons. The number of benzene rings is 1. The number of nitrogens with zero attached hydrogens (tertiary/aromatic N) is 6. The van der Waals surface area contributed by atoms with E-state index in [1.807, 2.05) is 61.9 Å². The normalized spacial score (nSPS) is 10.3. The number of hydrogen-bond donors (Lipinski definition) is 0. The van der Waals surface area contributed by atoms with Gasteiger partial charge < -0.3 is 4.90 Å². The summed E-state index contributed by atoms with van der Waals surface area (Å²) in [5.41, 5.74) is 1.96. The van der Waals surface area contributed by atoms with Crippen LogP contribution in [0.1, 0.15) is 0 Å². The minimum absolute atomic E-state index is 0.701. The van der Waals surface area contributed by atoms with Gasteiger partial charge in [0.2, 0.25) is 6.33 Å². The van der Waals surface area contributed by atoms with Crippen molar-refractivity contribution in [3.8, 4) is 0 Å². The first kappa shape index (κ1) is 19.3. The summed E-state index contributed by atoms with van der Waals surface area (Å²) >= 11 is -2.21. The summed E-state index contributed by atoms with van der Waals surface area (Å²) in [4.78, 5) is 2.04. The fraction of sp³-hybridized carbons (Fsp3) is 0.333. The van der Waals surface area contributed by atoms with Crippen LogP contribution in [0.25, 0.3) is 0 Å². The van der Waals surface area contributed by atoms with Crippen molar-refractivity contribution in [2.45, 2.75) is 0 Å². The van der Waals surface area contributed by atoms with E-state index < -0.39 is 13.0 Å². The van der Waals surface area contributed by atoms with Crippen molar-refractivity contribution >= 4 is 46.4 Å². The molecule has 0 amide bonds. The first-order chi connectivity index (χ1) is 10.3. The van der Waals surface area contributed by atoms with E-state index in [0.29, 0.717) is 5.95 Å². The molecule has 0 unspecified atom stereocenters. The summed E-state index contributed by atoms with van der Waals surface area (Å²) in [6.07, 6.45) is 1.70. The zero-order chi connectivity index (χ0) is 16.7. The molecule has 0 spiro atoms. The molecule has 1 aromatic carbocycles. The molecule has 0 N–H and O–H groups in total. The molecule has 1 heterocycles. The van der Waals surface area contributed by atoms with E-state index in [2.05, 4.69) is 15.3 Å². The molecule has 0 aliphatic heterocycles. The third kappa shape index (κ3) is 6.57. The predicted molar refractivity (Wildman–Crippen MR) is 86.9 cm³/mol. The zero-order valence-electron chi connectivity index (χ0n) is 12.9. The molecular weight excluding hydrogens is 400 g/mol. The summed E-state index contributed by atoms with van der Waals surface area (Å²) in [6.45, 7) is 0. The average molecular weight is 417 g/mol. The van der Waals surface area contributed by atoms with Crippen molar-refractivity contribution in [1.29, 1.82) is 0 Å². The van der Waals surface area contributed by atoms with Gasteiger partial charge in [0.05, 0.1) is 19.8 Å². The Balaban J connectivity index is 0.000000541. The number of aryl methyl sites for hydroxylation is 2. The molecule has 22 heavy (non-hydrogen) atoms. The van der Waals surface area contributed by atoms with Gasteiger partial charge in [-0.3, -0.25) is 0 Å². The maximum absolute atomic E-state index is 5.01. The second-order valence-corrected chi connectivity index (χ2v) is 18.4. The van der Waals surface area contributed by atoms with E-state index in [1.165, 1.54) is 0 Å². The topological polar surface area (TPSA) is 49.7 Å². The molecule has 2 aromatic rings. The Labute approximate surface area is 147 Å². The Hall–Kier alpha value is -0.747. The van der Waals surface area contributed by atoms with Crippen molar-refractivity contribution in [3.63, 3.8) is 0 Å². The van der Waals surface area contributed by atoms with Gasteiger partial charge in [-0.05, 0) is 29.4 Å². The number of halogens is 3. The van der Waals surface area contributed by atoms with Crippen LogP contribution in [-0.4, -0.2) is 23.9 Å². The molecule has 1 aromatic heterocycles. The molecule has 0 aliphatic rings. The molecule has 6 nitrogen and oxygen atoms in total. The number of rotatable bonds is 3. The first-order valence-corrected chi connectivity index (χ1v) is 18.1. The molecule has 10 heteroatoms. The SMILES string of the molecule is CN(C)c1ccc(N=Nc2n(C)nc[n+]2C)cc1.[Cl][Zn-]([Cl])[Cl]. The van der Waals surface area contributed by atoms with E-state index in [9.17, 15) is 0 Å². The van der Waals surface area contributed by atoms with Crippen LogP contribution in [0, 0.1) is 0 Å². The van der Waals surface area contributed by atoms with Gasteiger partial charge in [0.1, 0.15) is 0 Å². The Bertz CT molecular complexity index is 590. The molecule has 0 bridgehead atoms. The number of hydrogen-bond acceptors (Lipinski definition) is 4. The van der Waals surface area contributed by atoms with E-state index >= 15 is 0 Å². The third-order valence-electron chi connectivity index (χ3n) is 2.62. The van der Waals surface area contributed by atoms with Gasteiger partial charge in [-0.2, -0.15) is 0 Å². The molecular formula is C12H17Cl3N6Zn. The van der Waals surface area contributed by atoms with Gasteiger partial charge in [0, 0.05) is 24.9 Å². The van der Waals surface area contributed by atoms with Crippen LogP contribution in [0.2, 0.25) is 0 Å². The van der Waals surface area contributed by atoms with Crippen molar-refractivity contribution < 1.29 is 17.5 Å². The quantitative estimate of drug-likeness (QED) is 0.434. The fourth-order valence-corrected chi connectivity index (χ4v) is 1.54. The van der Waals surface area contributed by atoms with Gasteiger partial charge >= 0.3 is 48.0 Å². The van der Waals surface area contributed by atoms with Crippen molar-refractivity contribution in [2.75, 3.05) is 19.0 Å².